The largest absolute Gasteiger partial charge is 0.452 e. The van der Waals surface area contributed by atoms with Crippen molar-refractivity contribution in [3.05, 3.63) is 71.2 Å². The number of esters is 1. The fraction of sp³-hybridized carbons (Fsp3) is 0.292. The second-order valence-electron chi connectivity index (χ2n) is 7.85. The maximum Gasteiger partial charge on any atom is 0.339 e. The van der Waals surface area contributed by atoms with Crippen molar-refractivity contribution in [2.75, 3.05) is 18.5 Å². The molecule has 2 aromatic carbocycles. The summed E-state index contributed by atoms with van der Waals surface area (Å²) >= 11 is 0. The number of pyridine rings is 1. The number of hydrogen-bond donors (Lipinski definition) is 1. The Balaban J connectivity index is 1.59. The van der Waals surface area contributed by atoms with Crippen LogP contribution in [0.15, 0.2) is 48.5 Å². The van der Waals surface area contributed by atoms with Crippen LogP contribution in [0.5, 0.6) is 0 Å². The van der Waals surface area contributed by atoms with Crippen LogP contribution in [0.25, 0.3) is 10.9 Å². The number of amides is 1. The topological polar surface area (TPSA) is 71.5 Å². The first-order valence-electron chi connectivity index (χ1n) is 10.3. The molecule has 1 aliphatic heterocycles. The summed E-state index contributed by atoms with van der Waals surface area (Å²) in [5, 5.41) is 3.13. The van der Waals surface area contributed by atoms with Crippen LogP contribution in [0.3, 0.4) is 0 Å². The molecular formula is C24H24FN3O3. The number of carbonyl (C=O) groups is 2. The molecule has 3 aromatic rings. The van der Waals surface area contributed by atoms with Crippen molar-refractivity contribution < 1.29 is 18.7 Å². The molecule has 0 radical (unpaired) electrons. The van der Waals surface area contributed by atoms with Gasteiger partial charge in [-0.1, -0.05) is 30.3 Å². The molecule has 0 unspecified atom stereocenters. The van der Waals surface area contributed by atoms with Crippen molar-refractivity contribution in [1.29, 1.82) is 0 Å². The fourth-order valence-corrected chi connectivity index (χ4v) is 3.84. The zero-order chi connectivity index (χ0) is 22.0. The highest BCUT2D eigenvalue weighted by Gasteiger charge is 2.27. The summed E-state index contributed by atoms with van der Waals surface area (Å²) in [4.78, 5) is 32.4. The normalized spacial score (nSPS) is 13.8. The maximum atomic E-state index is 13.7. The van der Waals surface area contributed by atoms with Crippen LogP contribution >= 0.6 is 0 Å². The number of hydrogen-bond acceptors (Lipinski definition) is 5. The first-order valence-corrected chi connectivity index (χ1v) is 10.3. The molecule has 0 fully saturated rings. The number of para-hydroxylation sites is 2. The Morgan fingerprint density at radius 2 is 1.90 bits per heavy atom. The van der Waals surface area contributed by atoms with Crippen LogP contribution in [0.4, 0.5) is 10.1 Å². The lowest BCUT2D eigenvalue weighted by Crippen LogP contribution is -2.37. The SMILES string of the molecule is CC(C)N1CCc2nc3ccccc3c(C(=O)OCC(=O)Nc3ccccc3F)c2C1. The molecule has 0 bridgehead atoms. The van der Waals surface area contributed by atoms with Crippen LogP contribution in [-0.4, -0.2) is 41.0 Å². The van der Waals surface area contributed by atoms with E-state index in [2.05, 4.69) is 24.1 Å². The van der Waals surface area contributed by atoms with E-state index in [1.807, 2.05) is 24.3 Å². The Morgan fingerprint density at radius 3 is 2.68 bits per heavy atom. The quantitative estimate of drug-likeness (QED) is 0.632. The Morgan fingerprint density at radius 1 is 1.16 bits per heavy atom. The fourth-order valence-electron chi connectivity index (χ4n) is 3.84. The van der Waals surface area contributed by atoms with E-state index in [1.54, 1.807) is 6.07 Å². The van der Waals surface area contributed by atoms with E-state index < -0.39 is 24.3 Å². The van der Waals surface area contributed by atoms with E-state index >= 15 is 0 Å². The average molecular weight is 421 g/mol. The summed E-state index contributed by atoms with van der Waals surface area (Å²) in [5.74, 6) is -1.73. The minimum Gasteiger partial charge on any atom is -0.452 e. The van der Waals surface area contributed by atoms with Crippen molar-refractivity contribution in [3.8, 4) is 0 Å². The Labute approximate surface area is 180 Å². The highest BCUT2D eigenvalue weighted by molar-refractivity contribution is 6.06. The summed E-state index contributed by atoms with van der Waals surface area (Å²) in [6.45, 7) is 5.19. The van der Waals surface area contributed by atoms with E-state index in [0.717, 1.165) is 29.7 Å². The molecule has 160 valence electrons. The molecule has 1 aliphatic rings. The van der Waals surface area contributed by atoms with E-state index in [0.29, 0.717) is 23.5 Å². The van der Waals surface area contributed by atoms with E-state index in [-0.39, 0.29) is 5.69 Å². The number of nitrogens with one attached hydrogen (secondary N) is 1. The van der Waals surface area contributed by atoms with Crippen LogP contribution in [0.2, 0.25) is 0 Å². The molecule has 0 atom stereocenters. The van der Waals surface area contributed by atoms with Gasteiger partial charge >= 0.3 is 5.97 Å². The van der Waals surface area contributed by atoms with Crippen molar-refractivity contribution >= 4 is 28.5 Å². The first kappa shape index (κ1) is 20.9. The molecule has 2 heterocycles. The second kappa shape index (κ2) is 8.81. The van der Waals surface area contributed by atoms with Gasteiger partial charge in [-0.25, -0.2) is 9.18 Å². The van der Waals surface area contributed by atoms with Crippen LogP contribution in [-0.2, 0) is 22.5 Å². The average Bonchev–Trinajstić information content (AvgIpc) is 2.77. The van der Waals surface area contributed by atoms with Gasteiger partial charge in [-0.15, -0.1) is 0 Å². The summed E-state index contributed by atoms with van der Waals surface area (Å²) in [6.07, 6.45) is 0.742. The molecule has 0 aliphatic carbocycles. The smallest absolute Gasteiger partial charge is 0.339 e. The minimum atomic E-state index is -0.602. The lowest BCUT2D eigenvalue weighted by atomic mass is 9.95. The van der Waals surface area contributed by atoms with Crippen molar-refractivity contribution in [3.63, 3.8) is 0 Å². The number of benzene rings is 2. The Hall–Kier alpha value is -3.32. The second-order valence-corrected chi connectivity index (χ2v) is 7.85. The lowest BCUT2D eigenvalue weighted by Gasteiger charge is -2.32. The highest BCUT2D eigenvalue weighted by atomic mass is 19.1. The van der Waals surface area contributed by atoms with Gasteiger partial charge in [0.05, 0.1) is 16.8 Å². The molecule has 0 saturated heterocycles. The number of ether oxygens (including phenoxy) is 1. The van der Waals surface area contributed by atoms with E-state index in [9.17, 15) is 14.0 Å². The van der Waals surface area contributed by atoms with Crippen LogP contribution in [0, 0.1) is 5.82 Å². The molecule has 6 nitrogen and oxygen atoms in total. The van der Waals surface area contributed by atoms with Gasteiger partial charge in [0.2, 0.25) is 0 Å². The van der Waals surface area contributed by atoms with Gasteiger partial charge in [0.1, 0.15) is 5.82 Å². The zero-order valence-electron chi connectivity index (χ0n) is 17.5. The van der Waals surface area contributed by atoms with Crippen molar-refractivity contribution in [2.45, 2.75) is 32.9 Å². The molecule has 1 aromatic heterocycles. The standard InChI is InChI=1S/C24H24FN3O3/c1-15(2)28-12-11-20-17(13-28)23(16-7-3-5-9-19(16)26-20)24(30)31-14-22(29)27-21-10-6-4-8-18(21)25/h3-10,15H,11-14H2,1-2H3,(H,27,29). The summed E-state index contributed by atoms with van der Waals surface area (Å²) in [5.41, 5.74) is 2.95. The molecule has 1 N–H and O–H groups in total. The summed E-state index contributed by atoms with van der Waals surface area (Å²) in [7, 11) is 0. The Kier molecular flexibility index (Phi) is 5.95. The summed E-state index contributed by atoms with van der Waals surface area (Å²) < 4.78 is 19.1. The summed E-state index contributed by atoms with van der Waals surface area (Å²) in [6, 6.07) is 13.6. The van der Waals surface area contributed by atoms with E-state index in [4.69, 9.17) is 9.72 Å². The Bertz CT molecular complexity index is 1150. The third kappa shape index (κ3) is 4.41. The molecule has 4 rings (SSSR count). The number of nitrogens with zero attached hydrogens (tertiary/aromatic N) is 2. The molecule has 31 heavy (non-hydrogen) atoms. The first-order chi connectivity index (χ1) is 14.9. The predicted molar refractivity (Wildman–Crippen MR) is 116 cm³/mol. The molecule has 0 saturated carbocycles. The molecule has 1 amide bonds. The highest BCUT2D eigenvalue weighted by Crippen LogP contribution is 2.29. The predicted octanol–water partition coefficient (Wildman–Crippen LogP) is 3.94. The van der Waals surface area contributed by atoms with Gasteiger partial charge < -0.3 is 10.1 Å². The third-order valence-electron chi connectivity index (χ3n) is 5.49. The monoisotopic (exact) mass is 421 g/mol. The van der Waals surface area contributed by atoms with Gasteiger partial charge in [0.25, 0.3) is 5.91 Å². The number of aromatic nitrogens is 1. The van der Waals surface area contributed by atoms with E-state index in [1.165, 1.54) is 18.2 Å². The minimum absolute atomic E-state index is 0.0443. The number of fused-ring (bicyclic) bond motifs is 2. The maximum absolute atomic E-state index is 13.7. The van der Waals surface area contributed by atoms with Crippen LogP contribution in [0.1, 0.15) is 35.5 Å². The number of rotatable bonds is 5. The lowest BCUT2D eigenvalue weighted by molar-refractivity contribution is -0.119. The number of carbonyl (C=O) groups excluding carboxylic acids is 2. The third-order valence-corrected chi connectivity index (χ3v) is 5.49. The molecule has 7 heteroatoms. The van der Waals surface area contributed by atoms with Crippen LogP contribution < -0.4 is 5.32 Å². The number of halogens is 1. The molecular weight excluding hydrogens is 397 g/mol. The van der Waals surface area contributed by atoms with Gasteiger partial charge in [0, 0.05) is 42.2 Å². The molecule has 0 spiro atoms. The zero-order valence-corrected chi connectivity index (χ0v) is 17.5. The van der Waals surface area contributed by atoms with Gasteiger partial charge in [0.15, 0.2) is 6.61 Å². The van der Waals surface area contributed by atoms with Gasteiger partial charge in [-0.3, -0.25) is 14.7 Å². The van der Waals surface area contributed by atoms with Crippen molar-refractivity contribution in [1.82, 2.24) is 9.88 Å². The van der Waals surface area contributed by atoms with Gasteiger partial charge in [-0.05, 0) is 32.0 Å². The van der Waals surface area contributed by atoms with Crippen molar-refractivity contribution in [2.24, 2.45) is 0 Å². The van der Waals surface area contributed by atoms with Gasteiger partial charge in [-0.2, -0.15) is 0 Å². The number of anilines is 1.